The molecule has 1 saturated carbocycles. The first kappa shape index (κ1) is 23.2. The van der Waals surface area contributed by atoms with E-state index in [1.54, 1.807) is 6.08 Å². The Kier molecular flexibility index (Phi) is 6.05. The van der Waals surface area contributed by atoms with E-state index in [0.717, 1.165) is 23.6 Å². The molecule has 9 nitrogen and oxygen atoms in total. The van der Waals surface area contributed by atoms with Crippen LogP contribution in [0, 0.1) is 0 Å². The number of ether oxygens (including phenoxy) is 1. The van der Waals surface area contributed by atoms with Gasteiger partial charge in [0.25, 0.3) is 0 Å². The zero-order chi connectivity index (χ0) is 25.4. The van der Waals surface area contributed by atoms with Crippen LogP contribution in [0.1, 0.15) is 18.9 Å². The van der Waals surface area contributed by atoms with Crippen LogP contribution in [-0.4, -0.2) is 68.2 Å². The van der Waals surface area contributed by atoms with Crippen molar-refractivity contribution in [2.45, 2.75) is 24.9 Å². The second-order valence-electron chi connectivity index (χ2n) is 9.66. The Hall–Kier alpha value is -4.24. The smallest absolute Gasteiger partial charge is 0.246 e. The van der Waals surface area contributed by atoms with Gasteiger partial charge in [-0.05, 0) is 56.3 Å². The molecule has 2 fully saturated rings. The van der Waals surface area contributed by atoms with Crippen molar-refractivity contribution in [3.8, 4) is 22.8 Å². The highest BCUT2D eigenvalue weighted by molar-refractivity contribution is 5.98. The first-order valence-corrected chi connectivity index (χ1v) is 12.5. The lowest BCUT2D eigenvalue weighted by molar-refractivity contribution is -0.131. The van der Waals surface area contributed by atoms with Crippen molar-refractivity contribution in [3.63, 3.8) is 0 Å². The summed E-state index contributed by atoms with van der Waals surface area (Å²) in [7, 11) is 2.10. The quantitative estimate of drug-likeness (QED) is 0.370. The summed E-state index contributed by atoms with van der Waals surface area (Å²) in [5, 5.41) is 5.61. The highest BCUT2D eigenvalue weighted by atomic mass is 16.5. The van der Waals surface area contributed by atoms with Crippen molar-refractivity contribution >= 4 is 22.8 Å². The monoisotopic (exact) mass is 495 g/mol. The van der Waals surface area contributed by atoms with Crippen LogP contribution in [0.25, 0.3) is 22.3 Å². The zero-order valence-corrected chi connectivity index (χ0v) is 20.7. The van der Waals surface area contributed by atoms with E-state index in [-0.39, 0.29) is 11.9 Å². The van der Waals surface area contributed by atoms with Gasteiger partial charge in [-0.15, -0.1) is 0 Å². The van der Waals surface area contributed by atoms with E-state index in [1.165, 1.54) is 19.2 Å². The van der Waals surface area contributed by atoms with Gasteiger partial charge in [0.1, 0.15) is 29.3 Å². The van der Waals surface area contributed by atoms with E-state index >= 15 is 0 Å². The van der Waals surface area contributed by atoms with Gasteiger partial charge in [0.2, 0.25) is 5.91 Å². The molecule has 0 radical (unpaired) electrons. The Morgan fingerprint density at radius 2 is 1.81 bits per heavy atom. The topological polar surface area (TPSA) is 102 Å². The number of nitrogens with two attached hydrogens (primary N) is 1. The van der Waals surface area contributed by atoms with E-state index in [9.17, 15) is 4.79 Å². The summed E-state index contributed by atoms with van der Waals surface area (Å²) in [4.78, 5) is 25.4. The van der Waals surface area contributed by atoms with Crippen molar-refractivity contribution in [1.29, 1.82) is 0 Å². The Balaban J connectivity index is 1.18. The lowest BCUT2D eigenvalue weighted by atomic mass is 10.1. The first-order valence-electron chi connectivity index (χ1n) is 12.5. The van der Waals surface area contributed by atoms with Crippen molar-refractivity contribution in [2.75, 3.05) is 32.4 Å². The minimum atomic E-state index is 0.0257. The third kappa shape index (κ3) is 4.77. The number of benzene rings is 2. The summed E-state index contributed by atoms with van der Waals surface area (Å²) in [6.45, 7) is 1.95. The number of aromatic nitrogens is 4. The molecule has 4 aromatic rings. The number of fused-ring (bicyclic) bond motifs is 1. The second-order valence-corrected chi connectivity index (χ2v) is 9.66. The molecular weight excluding hydrogens is 466 g/mol. The average Bonchev–Trinajstić information content (AvgIpc) is 3.66. The number of rotatable bonds is 8. The van der Waals surface area contributed by atoms with Crippen LogP contribution in [0.15, 0.2) is 73.1 Å². The SMILES string of the molecule is CN(C/C=C/C(=O)N1CC(n2nc(-c3ccc(Oc4ccccc4)cc3)c3c(N)ncnc32)C1)C1CC1. The summed E-state index contributed by atoms with van der Waals surface area (Å²) in [6.07, 6.45) is 7.60. The van der Waals surface area contributed by atoms with Crippen LogP contribution in [-0.2, 0) is 4.79 Å². The third-order valence-corrected chi connectivity index (χ3v) is 6.97. The van der Waals surface area contributed by atoms with Gasteiger partial charge in [0, 0.05) is 37.3 Å². The number of carbonyl (C=O) groups excluding carboxylic acids is 1. The summed E-state index contributed by atoms with van der Waals surface area (Å²) in [6, 6.07) is 18.1. The largest absolute Gasteiger partial charge is 0.457 e. The molecule has 1 saturated heterocycles. The van der Waals surface area contributed by atoms with Gasteiger partial charge >= 0.3 is 0 Å². The molecule has 0 spiro atoms. The lowest BCUT2D eigenvalue weighted by Gasteiger charge is -2.38. The Bertz CT molecular complexity index is 1440. The van der Waals surface area contributed by atoms with Gasteiger partial charge in [0.05, 0.1) is 11.4 Å². The molecule has 188 valence electrons. The van der Waals surface area contributed by atoms with Crippen molar-refractivity contribution in [1.82, 2.24) is 29.5 Å². The zero-order valence-electron chi connectivity index (χ0n) is 20.7. The van der Waals surface area contributed by atoms with Gasteiger partial charge in [-0.3, -0.25) is 9.69 Å². The molecule has 3 heterocycles. The number of hydrogen-bond donors (Lipinski definition) is 1. The van der Waals surface area contributed by atoms with E-state index in [2.05, 4.69) is 21.9 Å². The van der Waals surface area contributed by atoms with Crippen LogP contribution in [0.4, 0.5) is 5.82 Å². The minimum absolute atomic E-state index is 0.0257. The molecule has 6 rings (SSSR count). The lowest BCUT2D eigenvalue weighted by Crippen LogP contribution is -2.50. The third-order valence-electron chi connectivity index (χ3n) is 6.97. The maximum atomic E-state index is 12.6. The van der Waals surface area contributed by atoms with Crippen LogP contribution >= 0.6 is 0 Å². The second kappa shape index (κ2) is 9.67. The molecule has 2 aliphatic rings. The number of anilines is 1. The van der Waals surface area contributed by atoms with Crippen LogP contribution in [0.2, 0.25) is 0 Å². The number of likely N-dealkylation sites (tertiary alicyclic amines) is 1. The van der Waals surface area contributed by atoms with Crippen molar-refractivity contribution < 1.29 is 9.53 Å². The fourth-order valence-electron chi connectivity index (χ4n) is 4.64. The molecule has 1 amide bonds. The Labute approximate surface area is 215 Å². The van der Waals surface area contributed by atoms with Gasteiger partial charge in [-0.1, -0.05) is 24.3 Å². The molecule has 1 aliphatic carbocycles. The minimum Gasteiger partial charge on any atom is -0.457 e. The summed E-state index contributed by atoms with van der Waals surface area (Å²) in [5.41, 5.74) is 8.55. The molecule has 2 aromatic heterocycles. The highest BCUT2D eigenvalue weighted by Gasteiger charge is 2.34. The van der Waals surface area contributed by atoms with Crippen molar-refractivity contribution in [3.05, 3.63) is 73.1 Å². The molecule has 9 heteroatoms. The predicted molar refractivity (Wildman–Crippen MR) is 142 cm³/mol. The van der Waals surface area contributed by atoms with Gasteiger partial charge in [0.15, 0.2) is 5.65 Å². The summed E-state index contributed by atoms with van der Waals surface area (Å²) < 4.78 is 7.80. The summed E-state index contributed by atoms with van der Waals surface area (Å²) >= 11 is 0. The van der Waals surface area contributed by atoms with Crippen LogP contribution in [0.3, 0.4) is 0 Å². The fraction of sp³-hybridized carbons (Fsp3) is 0.286. The van der Waals surface area contributed by atoms with Crippen molar-refractivity contribution in [2.24, 2.45) is 0 Å². The predicted octanol–water partition coefficient (Wildman–Crippen LogP) is 3.90. The van der Waals surface area contributed by atoms with E-state index in [1.807, 2.05) is 70.3 Å². The average molecular weight is 496 g/mol. The molecule has 0 bridgehead atoms. The van der Waals surface area contributed by atoms with Gasteiger partial charge in [-0.25, -0.2) is 14.6 Å². The molecule has 1 aliphatic heterocycles. The Morgan fingerprint density at radius 1 is 1.08 bits per heavy atom. The number of likely N-dealkylation sites (N-methyl/N-ethyl adjacent to an activating group) is 1. The number of para-hydroxylation sites is 1. The van der Waals surface area contributed by atoms with E-state index < -0.39 is 0 Å². The first-order chi connectivity index (χ1) is 18.1. The highest BCUT2D eigenvalue weighted by Crippen LogP contribution is 2.35. The number of hydrogen-bond acceptors (Lipinski definition) is 7. The van der Waals surface area contributed by atoms with E-state index in [4.69, 9.17) is 15.6 Å². The van der Waals surface area contributed by atoms with Gasteiger partial charge < -0.3 is 15.4 Å². The van der Waals surface area contributed by atoms with Gasteiger partial charge in [-0.2, -0.15) is 5.10 Å². The number of nitrogen functional groups attached to an aromatic ring is 1. The number of amides is 1. The normalized spacial score (nSPS) is 16.0. The standard InChI is InChI=1S/C28H29N7O2/c1-33(20-11-12-20)15-5-8-24(36)34-16-21(17-34)35-28-25(27(29)30-18-31-28)26(32-35)19-9-13-23(14-10-19)37-22-6-3-2-4-7-22/h2-10,13-14,18,20-21H,11-12,15-17H2,1H3,(H2,29,30,31)/b8-5+. The molecule has 37 heavy (non-hydrogen) atoms. The number of carbonyl (C=O) groups is 1. The molecule has 2 aromatic carbocycles. The molecule has 2 N–H and O–H groups in total. The maximum Gasteiger partial charge on any atom is 0.246 e. The molecular formula is C28H29N7O2. The molecule has 0 unspecified atom stereocenters. The number of nitrogens with zero attached hydrogens (tertiary/aromatic N) is 6. The maximum absolute atomic E-state index is 12.6. The van der Waals surface area contributed by atoms with Crippen LogP contribution in [0.5, 0.6) is 11.5 Å². The van der Waals surface area contributed by atoms with E-state index in [0.29, 0.717) is 41.7 Å². The Morgan fingerprint density at radius 3 is 2.54 bits per heavy atom. The summed E-state index contributed by atoms with van der Waals surface area (Å²) in [5.74, 6) is 1.91. The van der Waals surface area contributed by atoms with Crippen LogP contribution < -0.4 is 10.5 Å². The molecule has 0 atom stereocenters. The fourth-order valence-corrected chi connectivity index (χ4v) is 4.64.